The monoisotopic (exact) mass is 313 g/mol. The van der Waals surface area contributed by atoms with Crippen molar-refractivity contribution in [2.75, 3.05) is 5.32 Å². The molecule has 0 aliphatic carbocycles. The van der Waals surface area contributed by atoms with Crippen molar-refractivity contribution in [3.63, 3.8) is 0 Å². The number of carbonyl (C=O) groups excluding carboxylic acids is 1. The molecule has 6 heteroatoms. The maximum Gasteiger partial charge on any atom is 0.271 e. The van der Waals surface area contributed by atoms with E-state index in [1.54, 1.807) is 6.20 Å². The predicted octanol–water partition coefficient (Wildman–Crippen LogP) is 2.93. The van der Waals surface area contributed by atoms with Crippen LogP contribution >= 0.6 is 11.3 Å². The van der Waals surface area contributed by atoms with Crippen molar-refractivity contribution < 1.29 is 4.79 Å². The fraction of sp³-hybridized carbons (Fsp3) is 0.188. The molecule has 0 saturated heterocycles. The van der Waals surface area contributed by atoms with Crippen LogP contribution in [0.1, 0.15) is 26.4 Å². The van der Waals surface area contributed by atoms with E-state index >= 15 is 0 Å². The molecule has 112 valence electrons. The van der Waals surface area contributed by atoms with Crippen LogP contribution in [-0.4, -0.2) is 15.3 Å². The lowest BCUT2D eigenvalue weighted by molar-refractivity contribution is 0.102. The third kappa shape index (κ3) is 2.42. The van der Waals surface area contributed by atoms with Gasteiger partial charge in [0.1, 0.15) is 5.56 Å². The van der Waals surface area contributed by atoms with E-state index in [9.17, 15) is 9.59 Å². The minimum Gasteiger partial charge on any atom is -0.322 e. The first kappa shape index (κ1) is 14.5. The molecule has 0 spiro atoms. The number of hydrogen-bond acceptors (Lipinski definition) is 4. The Kier molecular flexibility index (Phi) is 3.54. The molecule has 1 N–H and O–H groups in total. The maximum absolute atomic E-state index is 12.4. The normalized spacial score (nSPS) is 10.9. The number of rotatable bonds is 2. The van der Waals surface area contributed by atoms with Gasteiger partial charge in [-0.25, -0.2) is 4.98 Å². The van der Waals surface area contributed by atoms with Crippen LogP contribution in [0, 0.1) is 20.8 Å². The molecule has 0 fully saturated rings. The highest BCUT2D eigenvalue weighted by atomic mass is 32.1. The van der Waals surface area contributed by atoms with E-state index in [4.69, 9.17) is 0 Å². The van der Waals surface area contributed by atoms with Gasteiger partial charge in [-0.05, 0) is 38.0 Å². The van der Waals surface area contributed by atoms with Gasteiger partial charge in [0.15, 0.2) is 4.96 Å². The Morgan fingerprint density at radius 3 is 2.82 bits per heavy atom. The molecule has 3 aromatic rings. The largest absolute Gasteiger partial charge is 0.322 e. The zero-order valence-corrected chi connectivity index (χ0v) is 13.3. The minimum absolute atomic E-state index is 0.0382. The number of aromatic nitrogens is 2. The van der Waals surface area contributed by atoms with Gasteiger partial charge in [-0.15, -0.1) is 11.3 Å². The number of benzene rings is 1. The number of nitrogens with zero attached hydrogens (tertiary/aromatic N) is 2. The van der Waals surface area contributed by atoms with Gasteiger partial charge in [-0.1, -0.05) is 12.1 Å². The zero-order valence-electron chi connectivity index (χ0n) is 12.5. The third-order valence-electron chi connectivity index (χ3n) is 3.62. The van der Waals surface area contributed by atoms with Crippen molar-refractivity contribution in [1.82, 2.24) is 9.38 Å². The van der Waals surface area contributed by atoms with E-state index in [2.05, 4.69) is 10.3 Å². The first-order valence-corrected chi connectivity index (χ1v) is 7.64. The Morgan fingerprint density at radius 1 is 1.27 bits per heavy atom. The van der Waals surface area contributed by atoms with Gasteiger partial charge in [0.05, 0.1) is 0 Å². The Bertz CT molecular complexity index is 940. The van der Waals surface area contributed by atoms with Gasteiger partial charge >= 0.3 is 0 Å². The quantitative estimate of drug-likeness (QED) is 0.791. The van der Waals surface area contributed by atoms with Gasteiger partial charge < -0.3 is 5.32 Å². The Morgan fingerprint density at radius 2 is 2.05 bits per heavy atom. The summed E-state index contributed by atoms with van der Waals surface area (Å²) in [5, 5.41) is 2.79. The second kappa shape index (κ2) is 5.38. The molecule has 22 heavy (non-hydrogen) atoms. The van der Waals surface area contributed by atoms with Crippen molar-refractivity contribution in [1.29, 1.82) is 0 Å². The molecule has 0 saturated carbocycles. The van der Waals surface area contributed by atoms with Crippen LogP contribution in [0.15, 0.2) is 35.4 Å². The molecule has 0 unspecified atom stereocenters. The maximum atomic E-state index is 12.4. The van der Waals surface area contributed by atoms with Crippen LogP contribution in [0.5, 0.6) is 0 Å². The molecule has 0 bridgehead atoms. The van der Waals surface area contributed by atoms with Crippen LogP contribution in [-0.2, 0) is 0 Å². The number of fused-ring (bicyclic) bond motifs is 1. The highest BCUT2D eigenvalue weighted by molar-refractivity contribution is 7.16. The summed E-state index contributed by atoms with van der Waals surface area (Å²) < 4.78 is 1.41. The van der Waals surface area contributed by atoms with Crippen molar-refractivity contribution in [3.8, 4) is 0 Å². The van der Waals surface area contributed by atoms with Crippen LogP contribution in [0.4, 0.5) is 5.69 Å². The average Bonchev–Trinajstić information content (AvgIpc) is 2.85. The number of nitrogens with one attached hydrogen (secondary N) is 1. The number of hydrogen-bond donors (Lipinski definition) is 1. The van der Waals surface area contributed by atoms with Gasteiger partial charge in [0.25, 0.3) is 11.5 Å². The predicted molar refractivity (Wildman–Crippen MR) is 87.9 cm³/mol. The van der Waals surface area contributed by atoms with Crippen molar-refractivity contribution in [2.24, 2.45) is 0 Å². The van der Waals surface area contributed by atoms with Gasteiger partial charge in [-0.2, -0.15) is 0 Å². The number of aryl methyl sites for hydroxylation is 2. The Balaban J connectivity index is 2.00. The van der Waals surface area contributed by atoms with E-state index in [0.29, 0.717) is 10.6 Å². The topological polar surface area (TPSA) is 63.5 Å². The molecule has 0 radical (unpaired) electrons. The first-order chi connectivity index (χ1) is 10.5. The minimum atomic E-state index is -0.440. The van der Waals surface area contributed by atoms with Crippen LogP contribution in [0.2, 0.25) is 0 Å². The summed E-state index contributed by atoms with van der Waals surface area (Å²) in [6, 6.07) is 5.66. The summed E-state index contributed by atoms with van der Waals surface area (Å²) in [5.41, 5.74) is 2.46. The van der Waals surface area contributed by atoms with Crippen molar-refractivity contribution in [3.05, 3.63) is 62.5 Å². The summed E-state index contributed by atoms with van der Waals surface area (Å²) in [4.78, 5) is 30.5. The summed E-state index contributed by atoms with van der Waals surface area (Å²) in [7, 11) is 0. The highest BCUT2D eigenvalue weighted by Crippen LogP contribution is 2.18. The highest BCUT2D eigenvalue weighted by Gasteiger charge is 2.15. The van der Waals surface area contributed by atoms with Crippen molar-refractivity contribution in [2.45, 2.75) is 20.8 Å². The van der Waals surface area contributed by atoms with Crippen LogP contribution in [0.25, 0.3) is 4.96 Å². The van der Waals surface area contributed by atoms with Crippen LogP contribution < -0.4 is 10.9 Å². The molecule has 0 atom stereocenters. The molecular formula is C16H15N3O2S. The molecule has 3 rings (SSSR count). The Labute approximate surface area is 131 Å². The van der Waals surface area contributed by atoms with E-state index in [1.165, 1.54) is 21.9 Å². The number of thiazole rings is 1. The number of anilines is 1. The molecule has 5 nitrogen and oxygen atoms in total. The fourth-order valence-corrected chi connectivity index (χ4v) is 3.01. The summed E-state index contributed by atoms with van der Waals surface area (Å²) >= 11 is 1.42. The first-order valence-electron chi connectivity index (χ1n) is 6.83. The third-order valence-corrected chi connectivity index (χ3v) is 4.53. The number of carbonyl (C=O) groups is 1. The smallest absolute Gasteiger partial charge is 0.271 e. The van der Waals surface area contributed by atoms with Crippen LogP contribution in [0.3, 0.4) is 0 Å². The molecule has 2 aromatic heterocycles. The molecule has 2 heterocycles. The second-order valence-electron chi connectivity index (χ2n) is 5.17. The molecule has 1 amide bonds. The lowest BCUT2D eigenvalue weighted by Gasteiger charge is -2.09. The summed E-state index contributed by atoms with van der Waals surface area (Å²) in [6.07, 6.45) is 3.04. The van der Waals surface area contributed by atoms with Gasteiger partial charge in [0.2, 0.25) is 0 Å². The average molecular weight is 313 g/mol. The fourth-order valence-electron chi connectivity index (χ4n) is 2.23. The zero-order chi connectivity index (χ0) is 15.9. The lowest BCUT2D eigenvalue weighted by Crippen LogP contribution is -2.26. The van der Waals surface area contributed by atoms with E-state index in [-0.39, 0.29) is 11.1 Å². The standard InChI is InChI=1S/C16H15N3O2S/c1-9-5-4-6-13(11(9)3)18-14(20)12-7-17-16-19(15(12)21)8-10(2)22-16/h4-8H,1-3H3,(H,18,20). The summed E-state index contributed by atoms with van der Waals surface area (Å²) in [6.45, 7) is 5.80. The van der Waals surface area contributed by atoms with Gasteiger partial charge in [0, 0.05) is 23.0 Å². The molecular weight excluding hydrogens is 298 g/mol. The van der Waals surface area contributed by atoms with E-state index < -0.39 is 5.91 Å². The summed E-state index contributed by atoms with van der Waals surface area (Å²) in [5.74, 6) is -0.440. The Hall–Kier alpha value is -2.47. The van der Waals surface area contributed by atoms with E-state index in [0.717, 1.165) is 16.0 Å². The molecule has 1 aromatic carbocycles. The van der Waals surface area contributed by atoms with E-state index in [1.807, 2.05) is 39.0 Å². The van der Waals surface area contributed by atoms with Crippen molar-refractivity contribution >= 4 is 27.9 Å². The molecule has 0 aliphatic rings. The number of amides is 1. The van der Waals surface area contributed by atoms with Gasteiger partial charge in [-0.3, -0.25) is 14.0 Å². The SMILES string of the molecule is Cc1cn2c(=O)c(C(=O)Nc3cccc(C)c3C)cnc2s1. The molecule has 0 aliphatic heterocycles. The second-order valence-corrected chi connectivity index (χ2v) is 6.39. The lowest BCUT2D eigenvalue weighted by atomic mass is 10.1.